The van der Waals surface area contributed by atoms with E-state index in [1.54, 1.807) is 12.1 Å². The summed E-state index contributed by atoms with van der Waals surface area (Å²) in [4.78, 5) is 22.1. The molecule has 2 amide bonds. The molecule has 74 valence electrons. The fourth-order valence-electron chi connectivity index (χ4n) is 1.04. The Labute approximate surface area is 90.6 Å². The van der Waals surface area contributed by atoms with E-state index in [2.05, 4.69) is 21.2 Å². The summed E-state index contributed by atoms with van der Waals surface area (Å²) in [5.74, 6) is -0.739. The molecule has 0 aromatic heterocycles. The first-order valence-electron chi connectivity index (χ1n) is 4.09. The second-order valence-corrected chi connectivity index (χ2v) is 3.85. The van der Waals surface area contributed by atoms with E-state index in [4.69, 9.17) is 0 Å². The van der Waals surface area contributed by atoms with Crippen molar-refractivity contribution in [3.05, 3.63) is 33.8 Å². The summed E-state index contributed by atoms with van der Waals surface area (Å²) in [7, 11) is 0. The van der Waals surface area contributed by atoms with Crippen molar-refractivity contribution < 1.29 is 9.59 Å². The molecule has 0 radical (unpaired) electrons. The standard InChI is InChI=1S/C10H10BrNO2/c1-6-3-4-9(11)8(5-6)10(14)12-7(2)13/h3-5H,1-2H3,(H,12,13,14). The highest BCUT2D eigenvalue weighted by atomic mass is 79.9. The predicted octanol–water partition coefficient (Wildman–Crippen LogP) is 2.03. The number of hydrogen-bond donors (Lipinski definition) is 1. The minimum Gasteiger partial charge on any atom is -0.293 e. The summed E-state index contributed by atoms with van der Waals surface area (Å²) in [6, 6.07) is 5.39. The molecular weight excluding hydrogens is 246 g/mol. The third-order valence-corrected chi connectivity index (χ3v) is 2.35. The number of aryl methyl sites for hydroxylation is 1. The first-order valence-corrected chi connectivity index (χ1v) is 4.88. The molecule has 4 heteroatoms. The maximum atomic E-state index is 11.5. The van der Waals surface area contributed by atoms with Crippen molar-refractivity contribution >= 4 is 27.7 Å². The van der Waals surface area contributed by atoms with Crippen molar-refractivity contribution in [2.45, 2.75) is 13.8 Å². The number of nitrogens with one attached hydrogen (secondary N) is 1. The number of benzene rings is 1. The fraction of sp³-hybridized carbons (Fsp3) is 0.200. The van der Waals surface area contributed by atoms with Crippen molar-refractivity contribution in [1.82, 2.24) is 5.32 Å². The monoisotopic (exact) mass is 255 g/mol. The number of rotatable bonds is 1. The van der Waals surface area contributed by atoms with Crippen molar-refractivity contribution in [2.75, 3.05) is 0 Å². The van der Waals surface area contributed by atoms with E-state index in [1.165, 1.54) is 6.92 Å². The van der Waals surface area contributed by atoms with E-state index in [-0.39, 0.29) is 11.8 Å². The van der Waals surface area contributed by atoms with Crippen LogP contribution >= 0.6 is 15.9 Å². The molecule has 0 spiro atoms. The maximum absolute atomic E-state index is 11.5. The number of hydrogen-bond acceptors (Lipinski definition) is 2. The zero-order chi connectivity index (χ0) is 10.7. The molecular formula is C10H10BrNO2. The van der Waals surface area contributed by atoms with Crippen LogP contribution in [0.4, 0.5) is 0 Å². The highest BCUT2D eigenvalue weighted by Crippen LogP contribution is 2.17. The van der Waals surface area contributed by atoms with Crippen LogP contribution in [0.3, 0.4) is 0 Å². The van der Waals surface area contributed by atoms with Crippen LogP contribution in [0, 0.1) is 6.92 Å². The molecule has 0 saturated carbocycles. The number of halogens is 1. The van der Waals surface area contributed by atoms with Gasteiger partial charge in [-0.1, -0.05) is 11.6 Å². The van der Waals surface area contributed by atoms with Crippen LogP contribution in [-0.4, -0.2) is 11.8 Å². The minimum absolute atomic E-state index is 0.358. The molecule has 1 aromatic rings. The lowest BCUT2D eigenvalue weighted by Crippen LogP contribution is -2.28. The quantitative estimate of drug-likeness (QED) is 0.835. The molecule has 0 aliphatic heterocycles. The fourth-order valence-corrected chi connectivity index (χ4v) is 1.47. The third kappa shape index (κ3) is 2.67. The van der Waals surface area contributed by atoms with E-state index in [0.717, 1.165) is 5.56 Å². The average molecular weight is 256 g/mol. The average Bonchev–Trinajstić information content (AvgIpc) is 2.08. The van der Waals surface area contributed by atoms with E-state index in [9.17, 15) is 9.59 Å². The maximum Gasteiger partial charge on any atom is 0.258 e. The van der Waals surface area contributed by atoms with Gasteiger partial charge in [-0.05, 0) is 35.0 Å². The van der Waals surface area contributed by atoms with Crippen LogP contribution in [0.1, 0.15) is 22.8 Å². The van der Waals surface area contributed by atoms with Gasteiger partial charge in [0, 0.05) is 11.4 Å². The molecule has 0 atom stereocenters. The number of carbonyl (C=O) groups excluding carboxylic acids is 2. The van der Waals surface area contributed by atoms with Gasteiger partial charge in [0.05, 0.1) is 5.56 Å². The second kappa shape index (κ2) is 4.37. The molecule has 1 aromatic carbocycles. The lowest BCUT2D eigenvalue weighted by atomic mass is 10.1. The van der Waals surface area contributed by atoms with Gasteiger partial charge >= 0.3 is 0 Å². The van der Waals surface area contributed by atoms with E-state index in [0.29, 0.717) is 10.0 Å². The van der Waals surface area contributed by atoms with Gasteiger partial charge < -0.3 is 0 Å². The molecule has 1 N–H and O–H groups in total. The molecule has 0 unspecified atom stereocenters. The highest BCUT2D eigenvalue weighted by Gasteiger charge is 2.10. The lowest BCUT2D eigenvalue weighted by molar-refractivity contribution is -0.118. The molecule has 0 aliphatic rings. The van der Waals surface area contributed by atoms with Gasteiger partial charge in [0.1, 0.15) is 0 Å². The molecule has 0 fully saturated rings. The van der Waals surface area contributed by atoms with Gasteiger partial charge in [-0.15, -0.1) is 0 Å². The van der Waals surface area contributed by atoms with Crippen molar-refractivity contribution in [2.24, 2.45) is 0 Å². The first kappa shape index (κ1) is 10.9. The molecule has 14 heavy (non-hydrogen) atoms. The van der Waals surface area contributed by atoms with Crippen molar-refractivity contribution in [3.63, 3.8) is 0 Å². The van der Waals surface area contributed by atoms with Gasteiger partial charge in [0.15, 0.2) is 0 Å². The second-order valence-electron chi connectivity index (χ2n) is 2.99. The van der Waals surface area contributed by atoms with Crippen LogP contribution in [0.2, 0.25) is 0 Å². The van der Waals surface area contributed by atoms with Gasteiger partial charge in [-0.2, -0.15) is 0 Å². The largest absolute Gasteiger partial charge is 0.293 e. The highest BCUT2D eigenvalue weighted by molar-refractivity contribution is 9.10. The molecule has 1 rings (SSSR count). The Bertz CT molecular complexity index is 388. The van der Waals surface area contributed by atoms with Crippen LogP contribution in [0.15, 0.2) is 22.7 Å². The van der Waals surface area contributed by atoms with Crippen LogP contribution in [-0.2, 0) is 4.79 Å². The Morgan fingerprint density at radius 3 is 2.57 bits per heavy atom. The lowest BCUT2D eigenvalue weighted by Gasteiger charge is -2.04. The SMILES string of the molecule is CC(=O)NC(=O)c1cc(C)ccc1Br. The Morgan fingerprint density at radius 1 is 1.36 bits per heavy atom. The Hall–Kier alpha value is -1.16. The first-order chi connectivity index (χ1) is 6.50. The summed E-state index contributed by atoms with van der Waals surface area (Å²) in [5, 5.41) is 2.22. The van der Waals surface area contributed by atoms with Gasteiger partial charge in [0.25, 0.3) is 5.91 Å². The molecule has 0 bridgehead atoms. The van der Waals surface area contributed by atoms with Gasteiger partial charge in [-0.3, -0.25) is 14.9 Å². The number of carbonyl (C=O) groups is 2. The molecule has 0 heterocycles. The smallest absolute Gasteiger partial charge is 0.258 e. The molecule has 0 aliphatic carbocycles. The third-order valence-electron chi connectivity index (χ3n) is 1.66. The van der Waals surface area contributed by atoms with E-state index in [1.807, 2.05) is 13.0 Å². The topological polar surface area (TPSA) is 46.2 Å². The number of amides is 2. The summed E-state index contributed by atoms with van der Waals surface area (Å²) in [6.07, 6.45) is 0. The van der Waals surface area contributed by atoms with E-state index < -0.39 is 0 Å². The van der Waals surface area contributed by atoms with Crippen LogP contribution in [0.25, 0.3) is 0 Å². The Morgan fingerprint density at radius 2 is 2.00 bits per heavy atom. The minimum atomic E-state index is -0.381. The van der Waals surface area contributed by atoms with E-state index >= 15 is 0 Å². The summed E-state index contributed by atoms with van der Waals surface area (Å²) >= 11 is 3.25. The van der Waals surface area contributed by atoms with Crippen molar-refractivity contribution in [1.29, 1.82) is 0 Å². The summed E-state index contributed by atoms with van der Waals surface area (Å²) in [5.41, 5.74) is 1.45. The predicted molar refractivity (Wildman–Crippen MR) is 57.0 cm³/mol. The normalized spacial score (nSPS) is 9.64. The van der Waals surface area contributed by atoms with Gasteiger partial charge in [-0.25, -0.2) is 0 Å². The Kier molecular flexibility index (Phi) is 3.41. The Balaban J connectivity index is 3.00. The van der Waals surface area contributed by atoms with Gasteiger partial charge in [0.2, 0.25) is 5.91 Å². The summed E-state index contributed by atoms with van der Waals surface area (Å²) in [6.45, 7) is 3.19. The van der Waals surface area contributed by atoms with Crippen LogP contribution in [0.5, 0.6) is 0 Å². The molecule has 0 saturated heterocycles. The van der Waals surface area contributed by atoms with Crippen LogP contribution < -0.4 is 5.32 Å². The molecule has 3 nitrogen and oxygen atoms in total. The zero-order valence-corrected chi connectivity index (χ0v) is 9.51. The van der Waals surface area contributed by atoms with Crippen molar-refractivity contribution in [3.8, 4) is 0 Å². The summed E-state index contributed by atoms with van der Waals surface area (Å²) < 4.78 is 0.682. The number of imide groups is 1. The zero-order valence-electron chi connectivity index (χ0n) is 7.93.